The zero-order chi connectivity index (χ0) is 15.3. The van der Waals surface area contributed by atoms with Crippen molar-refractivity contribution in [3.8, 4) is 11.1 Å². The molecule has 1 aliphatic heterocycles. The first-order valence-electron chi connectivity index (χ1n) is 5.75. The summed E-state index contributed by atoms with van der Waals surface area (Å²) in [4.78, 5) is 0. The van der Waals surface area contributed by atoms with E-state index in [-0.39, 0.29) is 0 Å². The first-order valence-corrected chi connectivity index (χ1v) is 9.57. The number of rotatable bonds is 2. The predicted molar refractivity (Wildman–Crippen MR) is 73.0 cm³/mol. The second-order valence-corrected chi connectivity index (χ2v) is 9.57. The molecular formula is C13H8F3O3SSe. The van der Waals surface area contributed by atoms with E-state index in [9.17, 15) is 21.6 Å². The van der Waals surface area contributed by atoms with Gasteiger partial charge in [0.1, 0.15) is 0 Å². The zero-order valence-corrected chi connectivity index (χ0v) is 12.8. The monoisotopic (exact) mass is 381 g/mol. The van der Waals surface area contributed by atoms with E-state index in [1.54, 1.807) is 48.5 Å². The van der Waals surface area contributed by atoms with Gasteiger partial charge in [0.25, 0.3) is 0 Å². The molecule has 0 unspecified atom stereocenters. The Morgan fingerprint density at radius 2 is 1.29 bits per heavy atom. The van der Waals surface area contributed by atoms with Crippen LogP contribution in [0.5, 0.6) is 0 Å². The Morgan fingerprint density at radius 1 is 0.857 bits per heavy atom. The Balaban J connectivity index is 2.12. The quantitative estimate of drug-likeness (QED) is 0.588. The van der Waals surface area contributed by atoms with E-state index in [1.165, 1.54) is 0 Å². The molecule has 0 spiro atoms. The molecular weight excluding hydrogens is 372 g/mol. The Kier molecular flexibility index (Phi) is 3.37. The third kappa shape index (κ3) is 2.38. The van der Waals surface area contributed by atoms with Gasteiger partial charge < -0.3 is 0 Å². The summed E-state index contributed by atoms with van der Waals surface area (Å²) in [6, 6.07) is 13.6. The van der Waals surface area contributed by atoms with Crippen LogP contribution in [0.3, 0.4) is 0 Å². The van der Waals surface area contributed by atoms with E-state index in [2.05, 4.69) is 3.27 Å². The number of hydrogen-bond donors (Lipinski definition) is 0. The molecule has 3 nitrogen and oxygen atoms in total. The summed E-state index contributed by atoms with van der Waals surface area (Å²) in [5.74, 6) is 0. The van der Waals surface area contributed by atoms with Crippen LogP contribution in [0.1, 0.15) is 0 Å². The van der Waals surface area contributed by atoms with Crippen LogP contribution in [0.4, 0.5) is 13.2 Å². The van der Waals surface area contributed by atoms with E-state index >= 15 is 0 Å². The third-order valence-electron chi connectivity index (χ3n) is 2.90. The first-order chi connectivity index (χ1) is 9.81. The molecule has 0 N–H and O–H groups in total. The van der Waals surface area contributed by atoms with Crippen molar-refractivity contribution >= 4 is 33.3 Å². The van der Waals surface area contributed by atoms with E-state index in [0.29, 0.717) is 8.92 Å². The molecule has 0 atom stereocenters. The molecule has 0 amide bonds. The molecule has 2 aromatic carbocycles. The minimum atomic E-state index is -5.61. The fourth-order valence-electron chi connectivity index (χ4n) is 2.02. The average molecular weight is 380 g/mol. The summed E-state index contributed by atoms with van der Waals surface area (Å²) in [7, 11) is -5.61. The van der Waals surface area contributed by atoms with Crippen molar-refractivity contribution in [2.45, 2.75) is 5.51 Å². The fraction of sp³-hybridized carbons (Fsp3) is 0.0769. The van der Waals surface area contributed by atoms with Gasteiger partial charge in [-0.15, -0.1) is 0 Å². The molecule has 0 aromatic heterocycles. The van der Waals surface area contributed by atoms with E-state index in [0.717, 1.165) is 11.1 Å². The van der Waals surface area contributed by atoms with Crippen molar-refractivity contribution in [2.24, 2.45) is 0 Å². The summed E-state index contributed by atoms with van der Waals surface area (Å²) in [6.07, 6.45) is 0. The molecule has 0 saturated heterocycles. The molecule has 2 aromatic rings. The van der Waals surface area contributed by atoms with Crippen LogP contribution in [0.15, 0.2) is 48.5 Å². The minimum absolute atomic E-state index is 0.534. The fourth-order valence-corrected chi connectivity index (χ4v) is 7.89. The summed E-state index contributed by atoms with van der Waals surface area (Å²) in [5.41, 5.74) is -3.95. The van der Waals surface area contributed by atoms with Gasteiger partial charge in [-0.25, -0.2) is 0 Å². The summed E-state index contributed by atoms with van der Waals surface area (Å²) in [6.45, 7) is 0. The van der Waals surface area contributed by atoms with Crippen molar-refractivity contribution in [2.75, 3.05) is 0 Å². The predicted octanol–water partition coefficient (Wildman–Crippen LogP) is 1.64. The SMILES string of the molecule is O=S(=O)(O[Se]1c2ccccc2-c2ccccc21)C(F)(F)F. The van der Waals surface area contributed by atoms with Crippen molar-refractivity contribution in [1.82, 2.24) is 0 Å². The van der Waals surface area contributed by atoms with Crippen LogP contribution in [0, 0.1) is 0 Å². The normalized spacial score (nSPS) is 14.8. The molecule has 0 fully saturated rings. The maximum absolute atomic E-state index is 12.5. The molecule has 1 heterocycles. The van der Waals surface area contributed by atoms with Crippen molar-refractivity contribution in [1.29, 1.82) is 0 Å². The van der Waals surface area contributed by atoms with Gasteiger partial charge in [-0.2, -0.15) is 0 Å². The van der Waals surface area contributed by atoms with Crippen LogP contribution >= 0.6 is 0 Å². The molecule has 1 radical (unpaired) electrons. The van der Waals surface area contributed by atoms with E-state index < -0.39 is 29.9 Å². The van der Waals surface area contributed by atoms with Crippen molar-refractivity contribution in [3.05, 3.63) is 48.5 Å². The first kappa shape index (κ1) is 14.6. The second kappa shape index (κ2) is 4.84. The second-order valence-electron chi connectivity index (χ2n) is 4.23. The third-order valence-corrected chi connectivity index (χ3v) is 8.94. The molecule has 0 saturated carbocycles. The van der Waals surface area contributed by atoms with Crippen LogP contribution in [-0.4, -0.2) is 28.2 Å². The van der Waals surface area contributed by atoms with Gasteiger partial charge in [0.05, 0.1) is 0 Å². The molecule has 111 valence electrons. The van der Waals surface area contributed by atoms with Crippen LogP contribution in [-0.2, 0) is 13.4 Å². The van der Waals surface area contributed by atoms with Gasteiger partial charge in [-0.3, -0.25) is 0 Å². The van der Waals surface area contributed by atoms with E-state index in [1.807, 2.05) is 0 Å². The molecule has 8 heteroatoms. The topological polar surface area (TPSA) is 43.4 Å². The number of fused-ring (bicyclic) bond motifs is 3. The van der Waals surface area contributed by atoms with Gasteiger partial charge in [0.15, 0.2) is 0 Å². The van der Waals surface area contributed by atoms with E-state index in [4.69, 9.17) is 0 Å². The number of alkyl halides is 3. The van der Waals surface area contributed by atoms with Gasteiger partial charge in [0.2, 0.25) is 0 Å². The van der Waals surface area contributed by atoms with Crippen LogP contribution in [0.25, 0.3) is 11.1 Å². The Bertz CT molecular complexity index is 757. The summed E-state index contributed by atoms with van der Waals surface area (Å²) in [5, 5.41) is 0. The standard InChI is InChI=1S/C13H8F3O3SSe/c14-13(15,16)20(17,18)19-21-11-7-3-1-5-9(11)10-6-2-4-8-12(10)21/h1-8H. The van der Waals surface area contributed by atoms with Gasteiger partial charge >= 0.3 is 123 Å². The number of benzene rings is 2. The average Bonchev–Trinajstić information content (AvgIpc) is 2.73. The molecule has 21 heavy (non-hydrogen) atoms. The molecule has 1 aliphatic rings. The van der Waals surface area contributed by atoms with Crippen LogP contribution < -0.4 is 8.92 Å². The van der Waals surface area contributed by atoms with Crippen LogP contribution in [0.2, 0.25) is 0 Å². The molecule has 3 rings (SSSR count). The zero-order valence-electron chi connectivity index (χ0n) is 10.3. The number of halogens is 3. The molecule has 0 bridgehead atoms. The molecule has 0 aliphatic carbocycles. The Morgan fingerprint density at radius 3 is 1.71 bits per heavy atom. The summed E-state index contributed by atoms with van der Waals surface area (Å²) >= 11 is -2.75. The summed E-state index contributed by atoms with van der Waals surface area (Å²) < 4.78 is 65.9. The van der Waals surface area contributed by atoms with Crippen molar-refractivity contribution in [3.63, 3.8) is 0 Å². The van der Waals surface area contributed by atoms with Gasteiger partial charge in [-0.05, 0) is 0 Å². The van der Waals surface area contributed by atoms with Gasteiger partial charge in [-0.1, -0.05) is 0 Å². The van der Waals surface area contributed by atoms with Gasteiger partial charge in [0, 0.05) is 0 Å². The maximum atomic E-state index is 12.5. The van der Waals surface area contributed by atoms with Crippen molar-refractivity contribution < 1.29 is 24.9 Å². The Labute approximate surface area is 123 Å². The Hall–Kier alpha value is -1.34. The number of hydrogen-bond acceptors (Lipinski definition) is 3.